The van der Waals surface area contributed by atoms with Crippen molar-refractivity contribution in [2.75, 3.05) is 19.6 Å². The number of carboxylic acid groups (broad SMARTS) is 1. The van der Waals surface area contributed by atoms with Gasteiger partial charge in [0.2, 0.25) is 0 Å². The Labute approximate surface area is 310 Å². The summed E-state index contributed by atoms with van der Waals surface area (Å²) in [7, 11) is 0. The number of carboxylic acids is 1. The largest absolute Gasteiger partial charge is 0.488 e. The van der Waals surface area contributed by atoms with Gasteiger partial charge >= 0.3 is 5.97 Å². The molecule has 1 fully saturated rings. The minimum atomic E-state index is -0.836. The summed E-state index contributed by atoms with van der Waals surface area (Å²) < 4.78 is 12.6. The van der Waals surface area contributed by atoms with E-state index in [0.717, 1.165) is 70.4 Å². The highest BCUT2D eigenvalue weighted by Gasteiger charge is 2.19. The number of hydrogen-bond acceptors (Lipinski definition) is 10. The molecule has 0 radical (unpaired) electrons. The fourth-order valence-electron chi connectivity index (χ4n) is 6.30. The molecule has 7 N–H and O–H groups in total. The van der Waals surface area contributed by atoms with Crippen molar-refractivity contribution in [2.45, 2.75) is 65.3 Å². The highest BCUT2D eigenvalue weighted by Crippen LogP contribution is 2.36. The summed E-state index contributed by atoms with van der Waals surface area (Å²) in [6.07, 6.45) is 7.51. The summed E-state index contributed by atoms with van der Waals surface area (Å²) in [4.78, 5) is 15.1. The number of rotatable bonds is 16. The number of ether oxygens (including phenoxy) is 2. The van der Waals surface area contributed by atoms with Crippen LogP contribution in [-0.4, -0.2) is 46.7 Å². The van der Waals surface area contributed by atoms with Gasteiger partial charge in [-0.25, -0.2) is 5.84 Å². The standard InChI is InChI=1S/C40H46ClN7O4/c1-26-30(6-3-7-33(26)34-8-4-9-35(27(34)2)37(43)23-48(44)32-11-14-45-15-12-32)25-52-39-18-38(51-24-29-16-28(19-42)20-47-21-29)31(17-36(39)41)22-46-13-5-10-40(49)50/h3-4,6-9,16-18,20-21,23,32,45-46H,5,10-15,22,24-25,43-44H2,1-2H3,(H,49,50)/b37-23-. The van der Waals surface area contributed by atoms with E-state index in [9.17, 15) is 10.1 Å². The first kappa shape index (κ1) is 38.1. The maximum Gasteiger partial charge on any atom is 0.303 e. The molecule has 1 saturated heterocycles. The van der Waals surface area contributed by atoms with Crippen LogP contribution < -0.4 is 31.7 Å². The lowest BCUT2D eigenvalue weighted by molar-refractivity contribution is -0.137. The highest BCUT2D eigenvalue weighted by atomic mass is 35.5. The van der Waals surface area contributed by atoms with E-state index >= 15 is 0 Å². The summed E-state index contributed by atoms with van der Waals surface area (Å²) in [5.74, 6) is 6.59. The molecular formula is C40H46ClN7O4. The number of pyridine rings is 1. The van der Waals surface area contributed by atoms with E-state index in [-0.39, 0.29) is 25.7 Å². The average molecular weight is 724 g/mol. The number of halogens is 1. The minimum Gasteiger partial charge on any atom is -0.488 e. The smallest absolute Gasteiger partial charge is 0.303 e. The van der Waals surface area contributed by atoms with E-state index in [0.29, 0.717) is 47.3 Å². The summed E-state index contributed by atoms with van der Waals surface area (Å²) >= 11 is 6.76. The Morgan fingerprint density at radius 1 is 1.06 bits per heavy atom. The molecule has 0 unspecified atom stereocenters. The Hall–Kier alpha value is -5.12. The molecule has 12 heteroatoms. The van der Waals surface area contributed by atoms with Crippen LogP contribution in [0.15, 0.2) is 73.2 Å². The van der Waals surface area contributed by atoms with E-state index < -0.39 is 5.97 Å². The quantitative estimate of drug-likeness (QED) is 0.0507. The number of nitrogens with one attached hydrogen (secondary N) is 2. The molecule has 3 aromatic carbocycles. The van der Waals surface area contributed by atoms with E-state index in [1.807, 2.05) is 30.5 Å². The number of carbonyl (C=O) groups is 1. The number of aromatic nitrogens is 1. The van der Waals surface area contributed by atoms with Gasteiger partial charge < -0.3 is 36.0 Å². The molecule has 1 aliphatic rings. The van der Waals surface area contributed by atoms with Gasteiger partial charge in [0.1, 0.15) is 30.8 Å². The van der Waals surface area contributed by atoms with Crippen LogP contribution in [0.5, 0.6) is 11.5 Å². The van der Waals surface area contributed by atoms with E-state index in [1.54, 1.807) is 29.4 Å². The van der Waals surface area contributed by atoms with Gasteiger partial charge in [0.05, 0.1) is 16.3 Å². The van der Waals surface area contributed by atoms with Gasteiger partial charge in [-0.2, -0.15) is 5.26 Å². The van der Waals surface area contributed by atoms with E-state index in [4.69, 9.17) is 37.8 Å². The van der Waals surface area contributed by atoms with Crippen LogP contribution in [0.1, 0.15) is 64.6 Å². The van der Waals surface area contributed by atoms with Gasteiger partial charge in [0, 0.05) is 60.4 Å². The number of hydrazine groups is 1. The van der Waals surface area contributed by atoms with Gasteiger partial charge in [-0.05, 0) is 92.7 Å². The van der Waals surface area contributed by atoms with Crippen LogP contribution in [0.25, 0.3) is 16.8 Å². The van der Waals surface area contributed by atoms with Crippen molar-refractivity contribution in [3.63, 3.8) is 0 Å². The zero-order valence-electron chi connectivity index (χ0n) is 29.6. The molecule has 52 heavy (non-hydrogen) atoms. The molecule has 0 atom stereocenters. The predicted octanol–water partition coefficient (Wildman–Crippen LogP) is 6.19. The highest BCUT2D eigenvalue weighted by molar-refractivity contribution is 6.32. The first-order valence-electron chi connectivity index (χ1n) is 17.4. The number of nitriles is 1. The zero-order valence-corrected chi connectivity index (χ0v) is 30.4. The fourth-order valence-corrected chi connectivity index (χ4v) is 6.54. The summed E-state index contributed by atoms with van der Waals surface area (Å²) in [6, 6.07) is 19.9. The number of piperidine rings is 1. The molecule has 5 rings (SSSR count). The van der Waals surface area contributed by atoms with Gasteiger partial charge in [0.15, 0.2) is 0 Å². The van der Waals surface area contributed by atoms with Gasteiger partial charge in [-0.1, -0.05) is 48.0 Å². The van der Waals surface area contributed by atoms with Crippen LogP contribution in [0.4, 0.5) is 0 Å². The van der Waals surface area contributed by atoms with Crippen LogP contribution in [0.3, 0.4) is 0 Å². The van der Waals surface area contributed by atoms with Crippen molar-refractivity contribution in [3.05, 3.63) is 117 Å². The SMILES string of the molecule is Cc1c(COc2cc(OCc3cncc(C#N)c3)c(CNCCCC(=O)O)cc2Cl)cccc1-c1cccc(/C(N)=C/N(N)C2CCNCC2)c1C. The number of nitrogens with zero attached hydrogens (tertiary/aromatic N) is 3. The first-order chi connectivity index (χ1) is 25.1. The van der Waals surface area contributed by atoms with Crippen molar-refractivity contribution in [3.8, 4) is 28.7 Å². The minimum absolute atomic E-state index is 0.0779. The third kappa shape index (κ3) is 10.0. The van der Waals surface area contributed by atoms with Crippen LogP contribution >= 0.6 is 11.6 Å². The number of aliphatic carboxylic acids is 1. The number of benzene rings is 3. The second-order valence-corrected chi connectivity index (χ2v) is 13.3. The Balaban J connectivity index is 1.34. The molecule has 1 aromatic heterocycles. The van der Waals surface area contributed by atoms with Gasteiger partial charge in [-0.15, -0.1) is 0 Å². The summed E-state index contributed by atoms with van der Waals surface area (Å²) in [5.41, 5.74) is 15.4. The molecule has 4 aromatic rings. The topological polar surface area (TPSA) is 172 Å². The molecule has 0 saturated carbocycles. The molecule has 0 aliphatic carbocycles. The Morgan fingerprint density at radius 2 is 1.79 bits per heavy atom. The van der Waals surface area contributed by atoms with Gasteiger partial charge in [-0.3, -0.25) is 9.78 Å². The van der Waals surface area contributed by atoms with Crippen LogP contribution in [-0.2, 0) is 24.6 Å². The second-order valence-electron chi connectivity index (χ2n) is 12.9. The molecule has 272 valence electrons. The summed E-state index contributed by atoms with van der Waals surface area (Å²) in [6.45, 7) is 7.41. The van der Waals surface area contributed by atoms with Crippen molar-refractivity contribution in [1.82, 2.24) is 20.6 Å². The van der Waals surface area contributed by atoms with Crippen LogP contribution in [0.2, 0.25) is 5.02 Å². The summed E-state index contributed by atoms with van der Waals surface area (Å²) in [5, 5.41) is 27.1. The first-order valence-corrected chi connectivity index (χ1v) is 17.8. The Kier molecular flexibility index (Phi) is 13.5. The lowest BCUT2D eigenvalue weighted by Gasteiger charge is -2.30. The van der Waals surface area contributed by atoms with Crippen molar-refractivity contribution in [2.24, 2.45) is 11.6 Å². The lowest BCUT2D eigenvalue weighted by Crippen LogP contribution is -2.44. The monoisotopic (exact) mass is 723 g/mol. The Bertz CT molecular complexity index is 1940. The van der Waals surface area contributed by atoms with E-state index in [1.165, 1.54) is 6.20 Å². The van der Waals surface area contributed by atoms with E-state index in [2.05, 4.69) is 47.7 Å². The molecular weight excluding hydrogens is 678 g/mol. The van der Waals surface area contributed by atoms with Crippen LogP contribution in [0, 0.1) is 25.2 Å². The molecule has 0 amide bonds. The molecule has 1 aliphatic heterocycles. The third-order valence-corrected chi connectivity index (χ3v) is 9.57. The molecule has 2 heterocycles. The van der Waals surface area contributed by atoms with Crippen molar-refractivity contribution in [1.29, 1.82) is 5.26 Å². The Morgan fingerprint density at radius 3 is 2.54 bits per heavy atom. The molecule has 0 spiro atoms. The predicted molar refractivity (Wildman–Crippen MR) is 203 cm³/mol. The average Bonchev–Trinajstić information content (AvgIpc) is 3.14. The zero-order chi connectivity index (χ0) is 37.0. The third-order valence-electron chi connectivity index (χ3n) is 9.28. The maximum atomic E-state index is 10.9. The fraction of sp³-hybridized carbons (Fsp3) is 0.325. The maximum absolute atomic E-state index is 10.9. The second kappa shape index (κ2) is 18.4. The number of nitrogens with two attached hydrogens (primary N) is 2. The lowest BCUT2D eigenvalue weighted by atomic mass is 9.91. The molecule has 11 nitrogen and oxygen atoms in total. The normalized spacial score (nSPS) is 13.4. The van der Waals surface area contributed by atoms with Gasteiger partial charge in [0.25, 0.3) is 0 Å². The van der Waals surface area contributed by atoms with Crippen molar-refractivity contribution < 1.29 is 19.4 Å². The van der Waals surface area contributed by atoms with Crippen molar-refractivity contribution >= 4 is 23.3 Å². The molecule has 0 bridgehead atoms. The number of hydrogen-bond donors (Lipinski definition) is 5.